The number of esters is 1. The highest BCUT2D eigenvalue weighted by molar-refractivity contribution is 5.95. The molecular formula is C18H23NO3. The van der Waals surface area contributed by atoms with Gasteiger partial charge in [-0.2, -0.15) is 0 Å². The molecule has 2 rings (SSSR count). The fraction of sp³-hybridized carbons (Fsp3) is 0.444. The largest absolute Gasteiger partial charge is 0.452 e. The number of amides is 1. The number of hydrogen-bond donors (Lipinski definition) is 1. The van der Waals surface area contributed by atoms with Crippen LogP contribution < -0.4 is 5.32 Å². The molecule has 0 saturated carbocycles. The van der Waals surface area contributed by atoms with Gasteiger partial charge < -0.3 is 10.1 Å². The summed E-state index contributed by atoms with van der Waals surface area (Å²) in [7, 11) is 0. The molecule has 0 fully saturated rings. The van der Waals surface area contributed by atoms with Gasteiger partial charge in [0.15, 0.2) is 6.10 Å². The minimum absolute atomic E-state index is 0.124. The first kappa shape index (κ1) is 16.3. The summed E-state index contributed by atoms with van der Waals surface area (Å²) in [6, 6.07) is 5.86. The molecule has 1 aliphatic rings. The van der Waals surface area contributed by atoms with E-state index < -0.39 is 6.10 Å². The predicted molar refractivity (Wildman–Crippen MR) is 86.6 cm³/mol. The van der Waals surface area contributed by atoms with Crippen LogP contribution in [0, 0.1) is 19.8 Å². The molecule has 0 heterocycles. The molecule has 1 aromatic carbocycles. The third-order valence-electron chi connectivity index (χ3n) is 3.92. The second kappa shape index (κ2) is 7.25. The number of anilines is 1. The van der Waals surface area contributed by atoms with E-state index in [1.807, 2.05) is 38.1 Å². The summed E-state index contributed by atoms with van der Waals surface area (Å²) in [5, 5.41) is 2.83. The number of ether oxygens (including phenoxy) is 1. The molecule has 0 bridgehead atoms. The lowest BCUT2D eigenvalue weighted by atomic mass is 9.95. The summed E-state index contributed by atoms with van der Waals surface area (Å²) < 4.78 is 5.31. The second-order valence-corrected chi connectivity index (χ2v) is 5.87. The van der Waals surface area contributed by atoms with Gasteiger partial charge in [-0.15, -0.1) is 0 Å². The average Bonchev–Trinajstić information content (AvgIpc) is 2.51. The molecule has 118 valence electrons. The molecule has 0 unspecified atom stereocenters. The van der Waals surface area contributed by atoms with Crippen molar-refractivity contribution in [2.24, 2.45) is 5.92 Å². The van der Waals surface area contributed by atoms with E-state index in [4.69, 9.17) is 4.74 Å². The van der Waals surface area contributed by atoms with Gasteiger partial charge in [0, 0.05) is 5.69 Å². The molecule has 1 amide bonds. The van der Waals surface area contributed by atoms with Crippen LogP contribution in [0.15, 0.2) is 30.4 Å². The topological polar surface area (TPSA) is 55.4 Å². The third kappa shape index (κ3) is 4.20. The molecule has 0 aromatic heterocycles. The zero-order valence-corrected chi connectivity index (χ0v) is 13.4. The minimum Gasteiger partial charge on any atom is -0.452 e. The maximum atomic E-state index is 12.2. The normalized spacial score (nSPS) is 18.6. The smallest absolute Gasteiger partial charge is 0.310 e. The van der Waals surface area contributed by atoms with Crippen molar-refractivity contribution in [3.05, 3.63) is 41.5 Å². The molecule has 1 N–H and O–H groups in total. The Morgan fingerprint density at radius 1 is 1.27 bits per heavy atom. The molecular weight excluding hydrogens is 278 g/mol. The van der Waals surface area contributed by atoms with Crippen molar-refractivity contribution in [3.8, 4) is 0 Å². The Morgan fingerprint density at radius 2 is 2.05 bits per heavy atom. The molecule has 22 heavy (non-hydrogen) atoms. The Balaban J connectivity index is 1.93. The number of rotatable bonds is 4. The number of allylic oxidation sites excluding steroid dienone is 2. The van der Waals surface area contributed by atoms with Gasteiger partial charge >= 0.3 is 5.97 Å². The van der Waals surface area contributed by atoms with E-state index in [0.717, 1.165) is 29.7 Å². The van der Waals surface area contributed by atoms with Crippen LogP contribution in [-0.4, -0.2) is 18.0 Å². The zero-order valence-electron chi connectivity index (χ0n) is 13.4. The third-order valence-corrected chi connectivity index (χ3v) is 3.92. The fourth-order valence-corrected chi connectivity index (χ4v) is 2.44. The summed E-state index contributed by atoms with van der Waals surface area (Å²) >= 11 is 0. The Bertz CT molecular complexity index is 592. The number of benzene rings is 1. The van der Waals surface area contributed by atoms with Gasteiger partial charge in [-0.05, 0) is 57.2 Å². The van der Waals surface area contributed by atoms with Crippen LogP contribution in [-0.2, 0) is 14.3 Å². The number of carbonyl (C=O) groups is 2. The molecule has 0 spiro atoms. The van der Waals surface area contributed by atoms with Crippen molar-refractivity contribution >= 4 is 17.6 Å². The van der Waals surface area contributed by atoms with Crippen LogP contribution in [0.1, 0.15) is 37.3 Å². The first-order valence-corrected chi connectivity index (χ1v) is 7.71. The van der Waals surface area contributed by atoms with E-state index in [1.165, 1.54) is 0 Å². The highest BCUT2D eigenvalue weighted by atomic mass is 16.5. The van der Waals surface area contributed by atoms with Crippen molar-refractivity contribution < 1.29 is 14.3 Å². The van der Waals surface area contributed by atoms with Crippen LogP contribution in [0.25, 0.3) is 0 Å². The van der Waals surface area contributed by atoms with Crippen LogP contribution >= 0.6 is 0 Å². The Kier molecular flexibility index (Phi) is 5.36. The number of aryl methyl sites for hydroxylation is 2. The highest BCUT2D eigenvalue weighted by Crippen LogP contribution is 2.21. The van der Waals surface area contributed by atoms with Gasteiger partial charge in [0.1, 0.15) is 0 Å². The van der Waals surface area contributed by atoms with Crippen molar-refractivity contribution in [1.29, 1.82) is 0 Å². The Labute approximate surface area is 131 Å². The average molecular weight is 301 g/mol. The Hall–Kier alpha value is -2.10. The SMILES string of the molecule is Cc1ccc(C)c(NC(=O)[C@H](C)OC(=O)[C@H]2CC=CCC2)c1. The number of nitrogens with one attached hydrogen (secondary N) is 1. The second-order valence-electron chi connectivity index (χ2n) is 5.87. The first-order chi connectivity index (χ1) is 10.5. The summed E-state index contributed by atoms with van der Waals surface area (Å²) in [5.41, 5.74) is 2.81. The van der Waals surface area contributed by atoms with Gasteiger partial charge in [0.05, 0.1) is 5.92 Å². The zero-order chi connectivity index (χ0) is 16.1. The molecule has 1 aromatic rings. The van der Waals surface area contributed by atoms with E-state index in [0.29, 0.717) is 6.42 Å². The standard InChI is InChI=1S/C18H23NO3/c1-12-9-10-13(2)16(11-12)19-17(20)14(3)22-18(21)15-7-5-4-6-8-15/h4-5,9-11,14-15H,6-8H2,1-3H3,(H,19,20)/t14-,15-/m0/s1. The number of carbonyl (C=O) groups excluding carboxylic acids is 2. The monoisotopic (exact) mass is 301 g/mol. The summed E-state index contributed by atoms with van der Waals surface area (Å²) in [4.78, 5) is 24.2. The van der Waals surface area contributed by atoms with E-state index in [-0.39, 0.29) is 17.8 Å². The van der Waals surface area contributed by atoms with Gasteiger partial charge in [0.2, 0.25) is 0 Å². The fourth-order valence-electron chi connectivity index (χ4n) is 2.44. The van der Waals surface area contributed by atoms with E-state index >= 15 is 0 Å². The summed E-state index contributed by atoms with van der Waals surface area (Å²) in [6.07, 6.45) is 5.66. The van der Waals surface area contributed by atoms with Crippen LogP contribution in [0.5, 0.6) is 0 Å². The van der Waals surface area contributed by atoms with Crippen LogP contribution in [0.2, 0.25) is 0 Å². The lowest BCUT2D eigenvalue weighted by Gasteiger charge is -2.20. The van der Waals surface area contributed by atoms with E-state index in [1.54, 1.807) is 6.92 Å². The van der Waals surface area contributed by atoms with Crippen molar-refractivity contribution in [2.75, 3.05) is 5.32 Å². The van der Waals surface area contributed by atoms with E-state index in [9.17, 15) is 9.59 Å². The molecule has 2 atom stereocenters. The molecule has 4 heteroatoms. The maximum absolute atomic E-state index is 12.2. The molecule has 0 radical (unpaired) electrons. The number of hydrogen-bond acceptors (Lipinski definition) is 3. The quantitative estimate of drug-likeness (QED) is 0.683. The van der Waals surface area contributed by atoms with Crippen molar-refractivity contribution in [3.63, 3.8) is 0 Å². The lowest BCUT2D eigenvalue weighted by molar-refractivity contribution is -0.157. The van der Waals surface area contributed by atoms with Gasteiger partial charge in [-0.3, -0.25) is 9.59 Å². The van der Waals surface area contributed by atoms with Gasteiger partial charge in [-0.25, -0.2) is 0 Å². The van der Waals surface area contributed by atoms with E-state index in [2.05, 4.69) is 11.4 Å². The van der Waals surface area contributed by atoms with Crippen molar-refractivity contribution in [1.82, 2.24) is 0 Å². The minimum atomic E-state index is -0.793. The summed E-state index contributed by atoms with van der Waals surface area (Å²) in [5.74, 6) is -0.706. The predicted octanol–water partition coefficient (Wildman–Crippen LogP) is 3.53. The first-order valence-electron chi connectivity index (χ1n) is 7.71. The molecule has 0 aliphatic heterocycles. The molecule has 4 nitrogen and oxygen atoms in total. The van der Waals surface area contributed by atoms with Crippen LogP contribution in [0.4, 0.5) is 5.69 Å². The Morgan fingerprint density at radius 3 is 2.73 bits per heavy atom. The molecule has 1 aliphatic carbocycles. The summed E-state index contributed by atoms with van der Waals surface area (Å²) in [6.45, 7) is 5.51. The highest BCUT2D eigenvalue weighted by Gasteiger charge is 2.25. The maximum Gasteiger partial charge on any atom is 0.310 e. The van der Waals surface area contributed by atoms with Crippen molar-refractivity contribution in [2.45, 2.75) is 46.1 Å². The van der Waals surface area contributed by atoms with Gasteiger partial charge in [-0.1, -0.05) is 24.3 Å². The molecule has 0 saturated heterocycles. The lowest BCUT2D eigenvalue weighted by Crippen LogP contribution is -2.32. The van der Waals surface area contributed by atoms with Gasteiger partial charge in [0.25, 0.3) is 5.91 Å². The van der Waals surface area contributed by atoms with Crippen LogP contribution in [0.3, 0.4) is 0 Å².